The second kappa shape index (κ2) is 10.2. The Bertz CT molecular complexity index is 1900. The minimum absolute atomic E-state index is 0.00829. The number of hydrogen-bond acceptors (Lipinski definition) is 2. The molecule has 0 N–H and O–H groups in total. The van der Waals surface area contributed by atoms with E-state index in [9.17, 15) is 0 Å². The van der Waals surface area contributed by atoms with Gasteiger partial charge < -0.3 is 0 Å². The molecule has 3 heteroatoms. The van der Waals surface area contributed by atoms with Crippen molar-refractivity contribution in [1.29, 1.82) is 0 Å². The lowest BCUT2D eigenvalue weighted by molar-refractivity contribution is 0.626. The monoisotopic (exact) mass is 566 g/mol. The molecule has 0 saturated heterocycles. The predicted molar refractivity (Wildman–Crippen MR) is 169 cm³/mol. The van der Waals surface area contributed by atoms with E-state index in [-0.39, 0.29) is 6.04 Å². The molecule has 1 aliphatic rings. The van der Waals surface area contributed by atoms with Gasteiger partial charge in [-0.25, -0.2) is 4.99 Å². The van der Waals surface area contributed by atoms with Crippen molar-refractivity contribution in [1.82, 2.24) is 0 Å². The van der Waals surface area contributed by atoms with Gasteiger partial charge in [0.1, 0.15) is 0 Å². The van der Waals surface area contributed by atoms with Crippen LogP contribution in [0.1, 0.15) is 42.0 Å². The Hall–Kier alpha value is -4.08. The van der Waals surface area contributed by atoms with Crippen molar-refractivity contribution >= 4 is 59.8 Å². The quantitative estimate of drug-likeness (QED) is 0.190. The number of fused-ring (bicyclic) bond motifs is 4. The van der Waals surface area contributed by atoms with E-state index in [1.807, 2.05) is 0 Å². The van der Waals surface area contributed by atoms with Crippen molar-refractivity contribution in [3.63, 3.8) is 0 Å². The largest absolute Gasteiger partial charge is 0.258 e. The molecule has 2 nitrogen and oxygen atoms in total. The average Bonchev–Trinajstić information content (AvgIpc) is 2.98. The smallest absolute Gasteiger partial charge is 0.156 e. The van der Waals surface area contributed by atoms with E-state index in [1.54, 1.807) is 0 Å². The normalized spacial score (nSPS) is 16.1. The molecule has 1 heterocycles. The fourth-order valence-corrected chi connectivity index (χ4v) is 6.52. The van der Waals surface area contributed by atoms with Gasteiger partial charge in [-0.2, -0.15) is 0 Å². The summed E-state index contributed by atoms with van der Waals surface area (Å²) in [6.45, 7) is 0. The van der Waals surface area contributed by atoms with Crippen molar-refractivity contribution in [3.8, 4) is 0 Å². The minimum Gasteiger partial charge on any atom is -0.258 e. The molecule has 1 aliphatic heterocycles. The van der Waals surface area contributed by atoms with E-state index in [1.165, 1.54) is 37.9 Å². The molecule has 0 amide bonds. The van der Waals surface area contributed by atoms with Crippen molar-refractivity contribution in [2.75, 3.05) is 0 Å². The van der Waals surface area contributed by atoms with E-state index < -0.39 is 0 Å². The summed E-state index contributed by atoms with van der Waals surface area (Å²) >= 11 is 3.94. The van der Waals surface area contributed by atoms with E-state index in [2.05, 4.69) is 137 Å². The van der Waals surface area contributed by atoms with Crippen molar-refractivity contribution in [2.45, 2.75) is 25.3 Å². The number of rotatable bonds is 3. The van der Waals surface area contributed by atoms with Gasteiger partial charge in [0.15, 0.2) is 5.84 Å². The highest BCUT2D eigenvalue weighted by Crippen LogP contribution is 2.38. The van der Waals surface area contributed by atoms with Gasteiger partial charge in [0.05, 0.1) is 11.8 Å². The van der Waals surface area contributed by atoms with E-state index in [0.717, 1.165) is 46.4 Å². The van der Waals surface area contributed by atoms with Crippen LogP contribution in [0, 0.1) is 0 Å². The lowest BCUT2D eigenvalue weighted by Crippen LogP contribution is -2.13. The summed E-state index contributed by atoms with van der Waals surface area (Å²) in [4.78, 5) is 10.8. The highest BCUT2D eigenvalue weighted by Gasteiger charge is 2.22. The molecular weight excluding hydrogens is 540 g/mol. The van der Waals surface area contributed by atoms with Crippen LogP contribution in [-0.2, 0) is 0 Å². The third-order valence-electron chi connectivity index (χ3n) is 7.78. The molecule has 0 fully saturated rings. The molecule has 0 aliphatic carbocycles. The zero-order chi connectivity index (χ0) is 26.2. The Balaban J connectivity index is 1.47. The number of halogens is 1. The van der Waals surface area contributed by atoms with Crippen LogP contribution >= 0.6 is 15.9 Å². The topological polar surface area (TPSA) is 24.7 Å². The molecule has 0 saturated carbocycles. The average molecular weight is 568 g/mol. The molecule has 7 rings (SSSR count). The van der Waals surface area contributed by atoms with Gasteiger partial charge in [-0.1, -0.05) is 109 Å². The van der Waals surface area contributed by atoms with Crippen LogP contribution in [0.4, 0.5) is 0 Å². The third-order valence-corrected chi connectivity index (χ3v) is 8.63. The van der Waals surface area contributed by atoms with Crippen molar-refractivity contribution in [2.24, 2.45) is 9.98 Å². The first-order valence-corrected chi connectivity index (χ1v) is 14.3. The minimum atomic E-state index is 0.00829. The highest BCUT2D eigenvalue weighted by molar-refractivity contribution is 9.10. The molecular formula is C36H27BrN2. The van der Waals surface area contributed by atoms with Crippen LogP contribution in [0.5, 0.6) is 0 Å². The summed E-state index contributed by atoms with van der Waals surface area (Å²) in [6, 6.07) is 43.1. The van der Waals surface area contributed by atoms with Gasteiger partial charge in [-0.05, 0) is 90.8 Å². The Labute approximate surface area is 236 Å². The van der Waals surface area contributed by atoms with E-state index >= 15 is 0 Å². The summed E-state index contributed by atoms with van der Waals surface area (Å²) in [5.41, 5.74) is 4.56. The molecule has 0 spiro atoms. The maximum absolute atomic E-state index is 5.48. The van der Waals surface area contributed by atoms with Gasteiger partial charge >= 0.3 is 0 Å². The zero-order valence-electron chi connectivity index (χ0n) is 21.5. The number of benzene rings is 6. The van der Waals surface area contributed by atoms with Crippen LogP contribution in [0.2, 0.25) is 0 Å². The first-order chi connectivity index (χ1) is 19.3. The molecule has 6 aromatic carbocycles. The van der Waals surface area contributed by atoms with Crippen LogP contribution < -0.4 is 0 Å². The van der Waals surface area contributed by atoms with Gasteiger partial charge in [-0.15, -0.1) is 0 Å². The number of amidine groups is 1. The fourth-order valence-electron chi connectivity index (χ4n) is 5.85. The Morgan fingerprint density at radius 1 is 0.615 bits per heavy atom. The standard InChI is InChI=1S/C36H27BrN2/c37-35-28-16-7-4-11-24(28)21-22-31(35)36-38-33(25-12-2-1-3-13-25)19-10-20-34(39-36)32-23-26-14-5-6-15-27(26)29-17-8-9-18-30(29)32/h1-9,11-18,21-23,34H,10,19-20H2. The van der Waals surface area contributed by atoms with Crippen LogP contribution in [-0.4, -0.2) is 11.5 Å². The summed E-state index contributed by atoms with van der Waals surface area (Å²) in [6.07, 6.45) is 2.90. The first-order valence-electron chi connectivity index (χ1n) is 13.5. The van der Waals surface area contributed by atoms with Gasteiger partial charge in [0.2, 0.25) is 0 Å². The summed E-state index contributed by atoms with van der Waals surface area (Å²) < 4.78 is 1.04. The predicted octanol–water partition coefficient (Wildman–Crippen LogP) is 10.1. The molecule has 0 aromatic heterocycles. The van der Waals surface area contributed by atoms with Gasteiger partial charge in [-0.3, -0.25) is 4.99 Å². The molecule has 39 heavy (non-hydrogen) atoms. The zero-order valence-corrected chi connectivity index (χ0v) is 23.1. The fraction of sp³-hybridized carbons (Fsp3) is 0.111. The lowest BCUT2D eigenvalue weighted by atomic mass is 9.90. The SMILES string of the molecule is Brc1c(C2=NC(c3cc4ccccc4c4ccccc34)CCCC(c3ccccc3)=N2)ccc2ccccc12. The Morgan fingerprint density at radius 3 is 2.10 bits per heavy atom. The van der Waals surface area contributed by atoms with Gasteiger partial charge in [0.25, 0.3) is 0 Å². The highest BCUT2D eigenvalue weighted by atomic mass is 79.9. The molecule has 0 radical (unpaired) electrons. The molecule has 188 valence electrons. The summed E-state index contributed by atoms with van der Waals surface area (Å²) in [7, 11) is 0. The molecule has 1 unspecified atom stereocenters. The van der Waals surface area contributed by atoms with Crippen LogP contribution in [0.25, 0.3) is 32.3 Å². The van der Waals surface area contributed by atoms with Crippen molar-refractivity contribution < 1.29 is 0 Å². The second-order valence-corrected chi connectivity index (χ2v) is 11.0. The van der Waals surface area contributed by atoms with Gasteiger partial charge in [0, 0.05) is 10.0 Å². The maximum Gasteiger partial charge on any atom is 0.156 e. The molecule has 1 atom stereocenters. The summed E-state index contributed by atoms with van der Waals surface area (Å²) in [5.74, 6) is 0.786. The Morgan fingerprint density at radius 2 is 1.28 bits per heavy atom. The number of nitrogens with zero attached hydrogens (tertiary/aromatic N) is 2. The third kappa shape index (κ3) is 4.47. The maximum atomic E-state index is 5.48. The van der Waals surface area contributed by atoms with Crippen LogP contribution in [0.3, 0.4) is 0 Å². The molecule has 6 aromatic rings. The number of aliphatic imine (C=N–C) groups is 2. The summed E-state index contributed by atoms with van der Waals surface area (Å²) in [5, 5.41) is 7.46. The van der Waals surface area contributed by atoms with Crippen LogP contribution in [0.15, 0.2) is 136 Å². The first kappa shape index (κ1) is 24.0. The Kier molecular flexibility index (Phi) is 6.30. The lowest BCUT2D eigenvalue weighted by Gasteiger charge is -2.22. The van der Waals surface area contributed by atoms with Crippen molar-refractivity contribution in [3.05, 3.63) is 142 Å². The molecule has 0 bridgehead atoms. The number of hydrogen-bond donors (Lipinski definition) is 0. The second-order valence-electron chi connectivity index (χ2n) is 10.2. The van der Waals surface area contributed by atoms with E-state index in [0.29, 0.717) is 0 Å². The van der Waals surface area contributed by atoms with E-state index in [4.69, 9.17) is 9.98 Å².